The first-order chi connectivity index (χ1) is 8.69. The van der Waals surface area contributed by atoms with Crippen molar-refractivity contribution in [1.29, 1.82) is 0 Å². The molecule has 2 rings (SSSR count). The number of nitrogens with one attached hydrogen (secondary N) is 1. The van der Waals surface area contributed by atoms with Gasteiger partial charge in [0.05, 0.1) is 0 Å². The molecule has 2 unspecified atom stereocenters. The summed E-state index contributed by atoms with van der Waals surface area (Å²) in [4.78, 5) is 12.0. The van der Waals surface area contributed by atoms with Crippen LogP contribution in [0.5, 0.6) is 0 Å². The molecule has 1 aliphatic rings. The zero-order valence-corrected chi connectivity index (χ0v) is 10.4. The Hall–Kier alpha value is -1.39. The second-order valence-corrected chi connectivity index (χ2v) is 4.93. The number of anilines is 1. The molecule has 18 heavy (non-hydrogen) atoms. The molecule has 4 nitrogen and oxygen atoms in total. The molecule has 0 saturated heterocycles. The zero-order chi connectivity index (χ0) is 13.0. The third-order valence-electron chi connectivity index (χ3n) is 3.47. The van der Waals surface area contributed by atoms with Crippen molar-refractivity contribution < 1.29 is 9.90 Å². The number of hydrogen-bond acceptors (Lipinski definition) is 3. The van der Waals surface area contributed by atoms with Crippen molar-refractivity contribution in [2.75, 3.05) is 11.9 Å². The maximum absolute atomic E-state index is 12.0. The molecule has 1 amide bonds. The van der Waals surface area contributed by atoms with E-state index >= 15 is 0 Å². The van der Waals surface area contributed by atoms with Gasteiger partial charge in [-0.25, -0.2) is 0 Å². The highest BCUT2D eigenvalue weighted by Gasteiger charge is 2.27. The topological polar surface area (TPSA) is 75.4 Å². The lowest BCUT2D eigenvalue weighted by Crippen LogP contribution is -2.23. The molecule has 2 atom stereocenters. The molecule has 0 aromatic heterocycles. The quantitative estimate of drug-likeness (QED) is 0.751. The Morgan fingerprint density at radius 1 is 1.33 bits per heavy atom. The van der Waals surface area contributed by atoms with Gasteiger partial charge in [-0.3, -0.25) is 4.79 Å². The maximum Gasteiger partial charge on any atom is 0.227 e. The monoisotopic (exact) mass is 248 g/mol. The van der Waals surface area contributed by atoms with E-state index in [0.717, 1.165) is 30.5 Å². The fraction of sp³-hybridized carbons (Fsp3) is 0.500. The standard InChI is InChI=1S/C14H20N2O2/c15-12-4-3-11(9-12)14(18)16-13-5-1-10(2-6-13)7-8-17/h1-2,5-6,11-12,17H,3-4,7-9,15H2,(H,16,18). The lowest BCUT2D eigenvalue weighted by Gasteiger charge is -2.11. The van der Waals surface area contributed by atoms with Gasteiger partial charge in [-0.1, -0.05) is 12.1 Å². The van der Waals surface area contributed by atoms with Crippen LogP contribution in [0.4, 0.5) is 5.69 Å². The lowest BCUT2D eigenvalue weighted by molar-refractivity contribution is -0.119. The summed E-state index contributed by atoms with van der Waals surface area (Å²) in [5.74, 6) is 0.120. The molecule has 0 spiro atoms. The van der Waals surface area contributed by atoms with Crippen LogP contribution in [0.3, 0.4) is 0 Å². The van der Waals surface area contributed by atoms with Crippen LogP contribution in [-0.4, -0.2) is 23.7 Å². The van der Waals surface area contributed by atoms with Gasteiger partial charge in [-0.05, 0) is 43.4 Å². The molecule has 1 fully saturated rings. The first kappa shape index (κ1) is 13.1. The minimum atomic E-state index is 0.0529. The Morgan fingerprint density at radius 3 is 2.61 bits per heavy atom. The van der Waals surface area contributed by atoms with Gasteiger partial charge in [-0.15, -0.1) is 0 Å². The molecular formula is C14H20N2O2. The van der Waals surface area contributed by atoms with Crippen molar-refractivity contribution in [2.45, 2.75) is 31.7 Å². The number of amides is 1. The summed E-state index contributed by atoms with van der Waals surface area (Å²) in [6.45, 7) is 0.145. The van der Waals surface area contributed by atoms with Crippen LogP contribution < -0.4 is 11.1 Å². The maximum atomic E-state index is 12.0. The Kier molecular flexibility index (Phi) is 4.33. The highest BCUT2D eigenvalue weighted by molar-refractivity contribution is 5.92. The summed E-state index contributed by atoms with van der Waals surface area (Å²) in [6.07, 6.45) is 3.25. The predicted molar refractivity (Wildman–Crippen MR) is 71.2 cm³/mol. The normalized spacial score (nSPS) is 23.0. The molecule has 0 bridgehead atoms. The van der Waals surface area contributed by atoms with E-state index < -0.39 is 0 Å². The molecule has 0 aliphatic heterocycles. The Morgan fingerprint density at radius 2 is 2.06 bits per heavy atom. The number of aliphatic hydroxyl groups excluding tert-OH is 1. The van der Waals surface area contributed by atoms with Gasteiger partial charge in [-0.2, -0.15) is 0 Å². The molecule has 0 radical (unpaired) electrons. The van der Waals surface area contributed by atoms with Crippen LogP contribution in [0.25, 0.3) is 0 Å². The van der Waals surface area contributed by atoms with Crippen LogP contribution in [0.15, 0.2) is 24.3 Å². The average molecular weight is 248 g/mol. The van der Waals surface area contributed by atoms with Crippen LogP contribution in [0.1, 0.15) is 24.8 Å². The largest absolute Gasteiger partial charge is 0.396 e. The molecule has 1 aromatic rings. The minimum absolute atomic E-state index is 0.0529. The SMILES string of the molecule is NC1CCC(C(=O)Nc2ccc(CCO)cc2)C1. The fourth-order valence-electron chi connectivity index (χ4n) is 2.38. The van der Waals surface area contributed by atoms with E-state index in [4.69, 9.17) is 10.8 Å². The van der Waals surface area contributed by atoms with Crippen LogP contribution in [-0.2, 0) is 11.2 Å². The van der Waals surface area contributed by atoms with Crippen molar-refractivity contribution in [3.63, 3.8) is 0 Å². The summed E-state index contributed by atoms with van der Waals surface area (Å²) >= 11 is 0. The van der Waals surface area contributed by atoms with Crippen molar-refractivity contribution >= 4 is 11.6 Å². The zero-order valence-electron chi connectivity index (χ0n) is 10.4. The minimum Gasteiger partial charge on any atom is -0.396 e. The van der Waals surface area contributed by atoms with Crippen molar-refractivity contribution in [3.8, 4) is 0 Å². The average Bonchev–Trinajstić information content (AvgIpc) is 2.79. The smallest absolute Gasteiger partial charge is 0.227 e. The van der Waals surface area contributed by atoms with Crippen LogP contribution in [0, 0.1) is 5.92 Å². The molecule has 98 valence electrons. The van der Waals surface area contributed by atoms with Gasteiger partial charge >= 0.3 is 0 Å². The third kappa shape index (κ3) is 3.31. The summed E-state index contributed by atoms with van der Waals surface area (Å²) < 4.78 is 0. The van der Waals surface area contributed by atoms with Gasteiger partial charge < -0.3 is 16.2 Å². The number of benzene rings is 1. The highest BCUT2D eigenvalue weighted by atomic mass is 16.2. The Bertz CT molecular complexity index is 403. The number of rotatable bonds is 4. The molecule has 4 N–H and O–H groups in total. The van der Waals surface area contributed by atoms with E-state index in [1.165, 1.54) is 0 Å². The van der Waals surface area contributed by atoms with E-state index in [1.807, 2.05) is 24.3 Å². The number of carbonyl (C=O) groups is 1. The van der Waals surface area contributed by atoms with E-state index in [0.29, 0.717) is 6.42 Å². The van der Waals surface area contributed by atoms with Crippen molar-refractivity contribution in [2.24, 2.45) is 11.7 Å². The summed E-state index contributed by atoms with van der Waals surface area (Å²) in [5, 5.41) is 11.7. The molecule has 1 saturated carbocycles. The summed E-state index contributed by atoms with van der Waals surface area (Å²) in [7, 11) is 0. The molecule has 4 heteroatoms. The second-order valence-electron chi connectivity index (χ2n) is 4.93. The number of hydrogen-bond donors (Lipinski definition) is 3. The Balaban J connectivity index is 1.90. The Labute approximate surface area is 107 Å². The fourth-order valence-corrected chi connectivity index (χ4v) is 2.38. The van der Waals surface area contributed by atoms with Crippen LogP contribution >= 0.6 is 0 Å². The van der Waals surface area contributed by atoms with Gasteiger partial charge in [0.25, 0.3) is 0 Å². The van der Waals surface area contributed by atoms with Crippen molar-refractivity contribution in [1.82, 2.24) is 0 Å². The second kappa shape index (κ2) is 5.98. The first-order valence-electron chi connectivity index (χ1n) is 6.45. The van der Waals surface area contributed by atoms with Gasteiger partial charge in [0.1, 0.15) is 0 Å². The summed E-state index contributed by atoms with van der Waals surface area (Å²) in [5.41, 5.74) is 7.68. The molecular weight excluding hydrogens is 228 g/mol. The molecule has 1 aliphatic carbocycles. The highest BCUT2D eigenvalue weighted by Crippen LogP contribution is 2.25. The van der Waals surface area contributed by atoms with Gasteiger partial charge in [0.15, 0.2) is 0 Å². The molecule has 0 heterocycles. The van der Waals surface area contributed by atoms with Crippen molar-refractivity contribution in [3.05, 3.63) is 29.8 Å². The van der Waals surface area contributed by atoms with Gasteiger partial charge in [0, 0.05) is 24.3 Å². The number of aliphatic hydroxyl groups is 1. The van der Waals surface area contributed by atoms with E-state index in [-0.39, 0.29) is 24.5 Å². The van der Waals surface area contributed by atoms with Crippen LogP contribution in [0.2, 0.25) is 0 Å². The summed E-state index contributed by atoms with van der Waals surface area (Å²) in [6, 6.07) is 7.77. The van der Waals surface area contributed by atoms with E-state index in [1.54, 1.807) is 0 Å². The predicted octanol–water partition coefficient (Wildman–Crippen LogP) is 1.29. The first-order valence-corrected chi connectivity index (χ1v) is 6.45. The van der Waals surface area contributed by atoms with E-state index in [2.05, 4.69) is 5.32 Å². The third-order valence-corrected chi connectivity index (χ3v) is 3.47. The number of nitrogens with two attached hydrogens (primary N) is 1. The van der Waals surface area contributed by atoms with E-state index in [9.17, 15) is 4.79 Å². The number of carbonyl (C=O) groups excluding carboxylic acids is 1. The van der Waals surface area contributed by atoms with Gasteiger partial charge in [0.2, 0.25) is 5.91 Å². The molecule has 1 aromatic carbocycles. The lowest BCUT2D eigenvalue weighted by atomic mass is 10.1.